The molecule has 1 heterocycles. The van der Waals surface area contributed by atoms with Crippen LogP contribution < -0.4 is 5.32 Å². The van der Waals surface area contributed by atoms with Gasteiger partial charge in [0, 0.05) is 30.8 Å². The SMILES string of the molecule is O=C(Nc1cc([N+](=O)[O-])ccc1F)c1ccc(S(=O)(=O)N2CCCCCC2)cc1. The van der Waals surface area contributed by atoms with Crippen molar-refractivity contribution in [2.24, 2.45) is 0 Å². The summed E-state index contributed by atoms with van der Waals surface area (Å²) in [5.74, 6) is -1.52. The molecule has 1 amide bonds. The minimum absolute atomic E-state index is 0.0810. The number of nitrogens with zero attached hydrogens (tertiary/aromatic N) is 2. The summed E-state index contributed by atoms with van der Waals surface area (Å²) < 4.78 is 40.8. The number of sulfonamides is 1. The Bertz CT molecular complexity index is 1020. The largest absolute Gasteiger partial charge is 0.319 e. The number of hydrogen-bond donors (Lipinski definition) is 1. The summed E-state index contributed by atoms with van der Waals surface area (Å²) in [6.07, 6.45) is 3.63. The molecule has 0 unspecified atom stereocenters. The highest BCUT2D eigenvalue weighted by Gasteiger charge is 2.25. The molecule has 29 heavy (non-hydrogen) atoms. The molecule has 8 nitrogen and oxygen atoms in total. The monoisotopic (exact) mass is 421 g/mol. The number of non-ortho nitro benzene ring substituents is 1. The average Bonchev–Trinajstić information content (AvgIpc) is 2.99. The maximum Gasteiger partial charge on any atom is 0.271 e. The number of anilines is 1. The predicted octanol–water partition coefficient (Wildman–Crippen LogP) is 3.55. The smallest absolute Gasteiger partial charge is 0.271 e. The van der Waals surface area contributed by atoms with E-state index in [1.54, 1.807) is 0 Å². The molecule has 10 heteroatoms. The minimum Gasteiger partial charge on any atom is -0.319 e. The van der Waals surface area contributed by atoms with Crippen molar-refractivity contribution < 1.29 is 22.5 Å². The van der Waals surface area contributed by atoms with Crippen LogP contribution in [0.3, 0.4) is 0 Å². The predicted molar refractivity (Wildman–Crippen MR) is 105 cm³/mol. The molecular weight excluding hydrogens is 401 g/mol. The Morgan fingerprint density at radius 1 is 1.03 bits per heavy atom. The van der Waals surface area contributed by atoms with E-state index in [4.69, 9.17) is 0 Å². The molecule has 0 atom stereocenters. The molecular formula is C19H20FN3O5S. The van der Waals surface area contributed by atoms with Crippen LogP contribution in [0.1, 0.15) is 36.0 Å². The van der Waals surface area contributed by atoms with Crippen LogP contribution >= 0.6 is 0 Å². The van der Waals surface area contributed by atoms with Crippen LogP contribution in [0, 0.1) is 15.9 Å². The van der Waals surface area contributed by atoms with E-state index in [-0.39, 0.29) is 21.8 Å². The van der Waals surface area contributed by atoms with Crippen LogP contribution in [0.2, 0.25) is 0 Å². The number of halogens is 1. The van der Waals surface area contributed by atoms with Crippen LogP contribution in [-0.4, -0.2) is 36.6 Å². The highest BCUT2D eigenvalue weighted by Crippen LogP contribution is 2.23. The van der Waals surface area contributed by atoms with Crippen molar-refractivity contribution in [3.05, 3.63) is 64.0 Å². The zero-order chi connectivity index (χ0) is 21.0. The second-order valence-electron chi connectivity index (χ2n) is 6.72. The third-order valence-electron chi connectivity index (χ3n) is 4.73. The van der Waals surface area contributed by atoms with Crippen LogP contribution in [0.25, 0.3) is 0 Å². The lowest BCUT2D eigenvalue weighted by Crippen LogP contribution is -2.31. The van der Waals surface area contributed by atoms with Gasteiger partial charge in [0.05, 0.1) is 15.5 Å². The summed E-state index contributed by atoms with van der Waals surface area (Å²) >= 11 is 0. The van der Waals surface area contributed by atoms with Crippen molar-refractivity contribution in [3.63, 3.8) is 0 Å². The average molecular weight is 421 g/mol. The fourth-order valence-electron chi connectivity index (χ4n) is 3.13. The second-order valence-corrected chi connectivity index (χ2v) is 8.66. The Labute approximate surface area is 167 Å². The van der Waals surface area contributed by atoms with E-state index in [0.717, 1.165) is 43.9 Å². The van der Waals surface area contributed by atoms with Gasteiger partial charge < -0.3 is 5.32 Å². The summed E-state index contributed by atoms with van der Waals surface area (Å²) in [7, 11) is -3.64. The van der Waals surface area contributed by atoms with Gasteiger partial charge in [0.1, 0.15) is 5.82 Å². The van der Waals surface area contributed by atoms with E-state index < -0.39 is 26.7 Å². The first-order valence-corrected chi connectivity index (χ1v) is 10.6. The van der Waals surface area contributed by atoms with Gasteiger partial charge in [0.15, 0.2) is 0 Å². The second kappa shape index (κ2) is 8.66. The van der Waals surface area contributed by atoms with E-state index >= 15 is 0 Å². The summed E-state index contributed by atoms with van der Waals surface area (Å²) in [5, 5.41) is 13.1. The number of rotatable bonds is 5. The van der Waals surface area contributed by atoms with Crippen LogP contribution in [-0.2, 0) is 10.0 Å². The Morgan fingerprint density at radius 3 is 2.24 bits per heavy atom. The van der Waals surface area contributed by atoms with E-state index in [1.165, 1.54) is 28.6 Å². The van der Waals surface area contributed by atoms with Gasteiger partial charge in [-0.15, -0.1) is 0 Å². The molecule has 2 aromatic carbocycles. The van der Waals surface area contributed by atoms with E-state index in [9.17, 15) is 27.7 Å². The van der Waals surface area contributed by atoms with Gasteiger partial charge in [-0.2, -0.15) is 4.31 Å². The van der Waals surface area contributed by atoms with Gasteiger partial charge in [-0.25, -0.2) is 12.8 Å². The fourth-order valence-corrected chi connectivity index (χ4v) is 4.64. The van der Waals surface area contributed by atoms with Gasteiger partial charge in [-0.1, -0.05) is 12.8 Å². The molecule has 0 aromatic heterocycles. The third-order valence-corrected chi connectivity index (χ3v) is 6.64. The van der Waals surface area contributed by atoms with Gasteiger partial charge in [-0.3, -0.25) is 14.9 Å². The molecule has 0 bridgehead atoms. The molecule has 154 valence electrons. The van der Waals surface area contributed by atoms with E-state index in [0.29, 0.717) is 13.1 Å². The van der Waals surface area contributed by atoms with E-state index in [1.807, 2.05) is 0 Å². The Balaban J connectivity index is 1.77. The highest BCUT2D eigenvalue weighted by atomic mass is 32.2. The molecule has 1 N–H and O–H groups in total. The Kier molecular flexibility index (Phi) is 6.23. The molecule has 1 aliphatic heterocycles. The normalized spacial score (nSPS) is 15.5. The summed E-state index contributed by atoms with van der Waals surface area (Å²) in [5.41, 5.74) is -0.586. The standard InChI is InChI=1S/C19H20FN3O5S/c20-17-10-7-15(23(25)26)13-18(17)21-19(24)14-5-8-16(9-6-14)29(27,28)22-11-3-1-2-4-12-22/h5-10,13H,1-4,11-12H2,(H,21,24). The topological polar surface area (TPSA) is 110 Å². The van der Waals surface area contributed by atoms with Crippen molar-refractivity contribution in [2.75, 3.05) is 18.4 Å². The summed E-state index contributed by atoms with van der Waals surface area (Å²) in [6.45, 7) is 0.938. The maximum absolute atomic E-state index is 13.8. The Hall–Kier alpha value is -2.85. The minimum atomic E-state index is -3.64. The van der Waals surface area contributed by atoms with Crippen molar-refractivity contribution in [3.8, 4) is 0 Å². The number of nitro groups is 1. The zero-order valence-corrected chi connectivity index (χ0v) is 16.3. The molecule has 0 aliphatic carbocycles. The number of benzene rings is 2. The lowest BCUT2D eigenvalue weighted by atomic mass is 10.2. The van der Waals surface area contributed by atoms with Crippen LogP contribution in [0.4, 0.5) is 15.8 Å². The first-order chi connectivity index (χ1) is 13.8. The number of nitrogens with one attached hydrogen (secondary N) is 1. The van der Waals surface area contributed by atoms with Gasteiger partial charge in [0.25, 0.3) is 11.6 Å². The van der Waals surface area contributed by atoms with Gasteiger partial charge in [0.2, 0.25) is 10.0 Å². The fraction of sp³-hybridized carbons (Fsp3) is 0.316. The molecule has 1 aliphatic rings. The van der Waals surface area contributed by atoms with Crippen molar-refractivity contribution in [2.45, 2.75) is 30.6 Å². The van der Waals surface area contributed by atoms with Crippen LogP contribution in [0.5, 0.6) is 0 Å². The third kappa shape index (κ3) is 4.77. The number of carbonyl (C=O) groups excluding carboxylic acids is 1. The Morgan fingerprint density at radius 2 is 1.66 bits per heavy atom. The first-order valence-electron chi connectivity index (χ1n) is 9.14. The van der Waals surface area contributed by atoms with Crippen molar-refractivity contribution >= 4 is 27.3 Å². The molecule has 2 aromatic rings. The number of carbonyl (C=O) groups is 1. The van der Waals surface area contributed by atoms with Gasteiger partial charge >= 0.3 is 0 Å². The lowest BCUT2D eigenvalue weighted by molar-refractivity contribution is -0.384. The first kappa shape index (κ1) is 20.9. The van der Waals surface area contributed by atoms with Crippen molar-refractivity contribution in [1.82, 2.24) is 4.31 Å². The lowest BCUT2D eigenvalue weighted by Gasteiger charge is -2.20. The number of nitro benzene ring substituents is 1. The quantitative estimate of drug-likeness (QED) is 0.586. The highest BCUT2D eigenvalue weighted by molar-refractivity contribution is 7.89. The molecule has 0 spiro atoms. The van der Waals surface area contributed by atoms with E-state index in [2.05, 4.69) is 5.32 Å². The zero-order valence-electron chi connectivity index (χ0n) is 15.5. The number of amides is 1. The van der Waals surface area contributed by atoms with Crippen molar-refractivity contribution in [1.29, 1.82) is 0 Å². The summed E-state index contributed by atoms with van der Waals surface area (Å²) in [4.78, 5) is 22.5. The molecule has 1 saturated heterocycles. The molecule has 3 rings (SSSR count). The maximum atomic E-state index is 13.8. The molecule has 1 fully saturated rings. The molecule has 0 saturated carbocycles. The number of hydrogen-bond acceptors (Lipinski definition) is 5. The summed E-state index contributed by atoms with van der Waals surface area (Å²) in [6, 6.07) is 8.13. The van der Waals surface area contributed by atoms with Gasteiger partial charge in [-0.05, 0) is 43.2 Å². The van der Waals surface area contributed by atoms with Crippen LogP contribution in [0.15, 0.2) is 47.4 Å². The molecule has 0 radical (unpaired) electrons.